The fourth-order valence-corrected chi connectivity index (χ4v) is 2.75. The van der Waals surface area contributed by atoms with E-state index in [-0.39, 0.29) is 31.1 Å². The van der Waals surface area contributed by atoms with Crippen molar-refractivity contribution in [3.05, 3.63) is 64.4 Å². The molecule has 0 saturated heterocycles. The number of nitrogens with zero attached hydrogens (tertiary/aromatic N) is 3. The van der Waals surface area contributed by atoms with Crippen molar-refractivity contribution in [3.8, 4) is 6.07 Å². The van der Waals surface area contributed by atoms with Gasteiger partial charge in [-0.3, -0.25) is 9.69 Å². The van der Waals surface area contributed by atoms with Gasteiger partial charge in [0.2, 0.25) is 5.91 Å². The highest BCUT2D eigenvalue weighted by Crippen LogP contribution is 2.19. The van der Waals surface area contributed by atoms with Crippen molar-refractivity contribution in [2.24, 2.45) is 0 Å². The maximum Gasteiger partial charge on any atom is 0.241 e. The number of likely N-dealkylation sites (N-methyl/N-ethyl adjacent to an activating group) is 1. The van der Waals surface area contributed by atoms with Crippen LogP contribution in [0.25, 0.3) is 0 Å². The first kappa shape index (κ1) is 19.1. The lowest BCUT2D eigenvalue weighted by molar-refractivity contribution is -0.119. The lowest BCUT2D eigenvalue weighted by Gasteiger charge is -2.25. The summed E-state index contributed by atoms with van der Waals surface area (Å²) in [6, 6.07) is 16.0. The van der Waals surface area contributed by atoms with Crippen LogP contribution in [-0.2, 0) is 11.3 Å². The number of hydrogen-bond donors (Lipinski definition) is 0. The molecule has 4 nitrogen and oxygen atoms in total. The van der Waals surface area contributed by atoms with Crippen molar-refractivity contribution >= 4 is 27.5 Å². The minimum absolute atomic E-state index is 0.135. The van der Waals surface area contributed by atoms with E-state index in [1.165, 1.54) is 11.0 Å². The summed E-state index contributed by atoms with van der Waals surface area (Å²) in [7, 11) is 1.84. The molecule has 0 heterocycles. The molecule has 0 aliphatic heterocycles. The van der Waals surface area contributed by atoms with Gasteiger partial charge in [0.1, 0.15) is 5.82 Å². The Labute approximate surface area is 155 Å². The van der Waals surface area contributed by atoms with Gasteiger partial charge in [0, 0.05) is 17.6 Å². The molecule has 0 bridgehead atoms. The normalized spacial score (nSPS) is 10.5. The second-order valence-electron chi connectivity index (χ2n) is 5.70. The van der Waals surface area contributed by atoms with Crippen LogP contribution in [0.1, 0.15) is 12.0 Å². The topological polar surface area (TPSA) is 47.3 Å². The zero-order chi connectivity index (χ0) is 18.2. The lowest BCUT2D eigenvalue weighted by Crippen LogP contribution is -2.40. The van der Waals surface area contributed by atoms with Crippen molar-refractivity contribution in [2.45, 2.75) is 13.0 Å². The molecule has 1 amide bonds. The summed E-state index contributed by atoms with van der Waals surface area (Å²) in [4.78, 5) is 15.9. The Kier molecular flexibility index (Phi) is 7.11. The monoisotopic (exact) mass is 403 g/mol. The maximum atomic E-state index is 14.1. The van der Waals surface area contributed by atoms with E-state index in [2.05, 4.69) is 15.9 Å². The molecule has 0 atom stereocenters. The van der Waals surface area contributed by atoms with Gasteiger partial charge in [0.25, 0.3) is 0 Å². The van der Waals surface area contributed by atoms with Gasteiger partial charge in [-0.25, -0.2) is 4.39 Å². The molecule has 130 valence electrons. The van der Waals surface area contributed by atoms with Crippen LogP contribution in [0.3, 0.4) is 0 Å². The van der Waals surface area contributed by atoms with Gasteiger partial charge in [-0.05, 0) is 36.9 Å². The molecule has 0 aliphatic rings. The third-order valence-corrected chi connectivity index (χ3v) is 4.19. The summed E-state index contributed by atoms with van der Waals surface area (Å²) in [5.41, 5.74) is 1.28. The average molecular weight is 404 g/mol. The van der Waals surface area contributed by atoms with Crippen LogP contribution in [0.15, 0.2) is 53.0 Å². The Morgan fingerprint density at radius 3 is 2.52 bits per heavy atom. The van der Waals surface area contributed by atoms with Crippen LogP contribution in [0.2, 0.25) is 0 Å². The van der Waals surface area contributed by atoms with Gasteiger partial charge in [0.05, 0.1) is 24.7 Å². The molecule has 2 rings (SSSR count). The smallest absolute Gasteiger partial charge is 0.241 e. The van der Waals surface area contributed by atoms with E-state index < -0.39 is 5.82 Å². The number of nitriles is 1. The Morgan fingerprint density at radius 2 is 1.88 bits per heavy atom. The zero-order valence-electron chi connectivity index (χ0n) is 14.0. The SMILES string of the molecule is CN(CC(=O)N(CCC#N)c1ccccc1F)Cc1ccc(Br)cc1. The van der Waals surface area contributed by atoms with Crippen LogP contribution in [0.5, 0.6) is 0 Å². The largest absolute Gasteiger partial charge is 0.308 e. The Balaban J connectivity index is 2.07. The standard InChI is InChI=1S/C19H19BrFN3O/c1-23(13-15-7-9-16(20)10-8-15)14-19(25)24(12-4-11-22)18-6-3-2-5-17(18)21/h2-3,5-10H,4,12-14H2,1H3. The Bertz CT molecular complexity index is 758. The first-order valence-corrected chi connectivity index (χ1v) is 8.65. The van der Waals surface area contributed by atoms with E-state index in [1.54, 1.807) is 18.2 Å². The fourth-order valence-electron chi connectivity index (χ4n) is 2.49. The number of anilines is 1. The summed E-state index contributed by atoms with van der Waals surface area (Å²) < 4.78 is 15.1. The van der Waals surface area contributed by atoms with Gasteiger partial charge in [0.15, 0.2) is 0 Å². The van der Waals surface area contributed by atoms with E-state index in [1.807, 2.05) is 42.3 Å². The summed E-state index contributed by atoms with van der Waals surface area (Å²) in [6.07, 6.45) is 0.149. The lowest BCUT2D eigenvalue weighted by atomic mass is 10.2. The third kappa shape index (κ3) is 5.66. The molecule has 6 heteroatoms. The van der Waals surface area contributed by atoms with Crippen LogP contribution in [-0.4, -0.2) is 30.9 Å². The van der Waals surface area contributed by atoms with Gasteiger partial charge >= 0.3 is 0 Å². The first-order valence-electron chi connectivity index (χ1n) is 7.86. The van der Waals surface area contributed by atoms with Crippen molar-refractivity contribution < 1.29 is 9.18 Å². The van der Waals surface area contributed by atoms with E-state index in [0.29, 0.717) is 6.54 Å². The molecular formula is C19H19BrFN3O. The number of amides is 1. The van der Waals surface area contributed by atoms with E-state index in [4.69, 9.17) is 5.26 Å². The molecule has 0 spiro atoms. The average Bonchev–Trinajstić information content (AvgIpc) is 2.58. The number of rotatable bonds is 7. The van der Waals surface area contributed by atoms with Gasteiger partial charge in [-0.15, -0.1) is 0 Å². The van der Waals surface area contributed by atoms with Crippen LogP contribution >= 0.6 is 15.9 Å². The van der Waals surface area contributed by atoms with E-state index in [9.17, 15) is 9.18 Å². The van der Waals surface area contributed by atoms with Crippen LogP contribution in [0, 0.1) is 17.1 Å². The number of carbonyl (C=O) groups excluding carboxylic acids is 1. The highest BCUT2D eigenvalue weighted by molar-refractivity contribution is 9.10. The Hall–Kier alpha value is -2.23. The van der Waals surface area contributed by atoms with Gasteiger partial charge in [-0.1, -0.05) is 40.2 Å². The molecule has 0 N–H and O–H groups in total. The van der Waals surface area contributed by atoms with E-state index in [0.717, 1.165) is 10.0 Å². The fraction of sp³-hybridized carbons (Fsp3) is 0.263. The van der Waals surface area contributed by atoms with Crippen molar-refractivity contribution in [3.63, 3.8) is 0 Å². The van der Waals surface area contributed by atoms with Gasteiger partial charge < -0.3 is 4.90 Å². The molecule has 0 fully saturated rings. The summed E-state index contributed by atoms with van der Waals surface area (Å²) in [5.74, 6) is -0.704. The van der Waals surface area contributed by atoms with Gasteiger partial charge in [-0.2, -0.15) is 5.26 Å². The second kappa shape index (κ2) is 9.30. The van der Waals surface area contributed by atoms with E-state index >= 15 is 0 Å². The molecule has 25 heavy (non-hydrogen) atoms. The summed E-state index contributed by atoms with van der Waals surface area (Å²) in [6.45, 7) is 0.903. The molecule has 2 aromatic carbocycles. The molecule has 0 unspecified atom stereocenters. The highest BCUT2D eigenvalue weighted by atomic mass is 79.9. The molecule has 0 saturated carbocycles. The van der Waals surface area contributed by atoms with Crippen LogP contribution in [0.4, 0.5) is 10.1 Å². The molecule has 2 aromatic rings. The molecule has 0 aromatic heterocycles. The number of hydrogen-bond acceptors (Lipinski definition) is 3. The summed E-state index contributed by atoms with van der Waals surface area (Å²) in [5, 5.41) is 8.82. The van der Waals surface area contributed by atoms with Crippen molar-refractivity contribution in [1.82, 2.24) is 4.90 Å². The maximum absolute atomic E-state index is 14.1. The first-order chi connectivity index (χ1) is 12.0. The second-order valence-corrected chi connectivity index (χ2v) is 6.62. The molecule has 0 radical (unpaired) electrons. The summed E-state index contributed by atoms with van der Waals surface area (Å²) >= 11 is 3.39. The predicted octanol–water partition coefficient (Wildman–Crippen LogP) is 3.97. The minimum Gasteiger partial charge on any atom is -0.308 e. The van der Waals surface area contributed by atoms with Crippen molar-refractivity contribution in [1.29, 1.82) is 5.26 Å². The number of para-hydroxylation sites is 1. The Morgan fingerprint density at radius 1 is 1.20 bits per heavy atom. The third-order valence-electron chi connectivity index (χ3n) is 3.66. The molecule has 0 aliphatic carbocycles. The minimum atomic E-state index is -0.468. The van der Waals surface area contributed by atoms with Crippen molar-refractivity contribution in [2.75, 3.05) is 25.0 Å². The molecular weight excluding hydrogens is 385 g/mol. The van der Waals surface area contributed by atoms with Crippen LogP contribution < -0.4 is 4.90 Å². The highest BCUT2D eigenvalue weighted by Gasteiger charge is 2.20. The number of carbonyl (C=O) groups is 1. The quantitative estimate of drug-likeness (QED) is 0.702. The number of benzene rings is 2. The number of halogens is 2. The zero-order valence-corrected chi connectivity index (χ0v) is 15.5. The predicted molar refractivity (Wildman–Crippen MR) is 99.5 cm³/mol.